The van der Waals surface area contributed by atoms with Gasteiger partial charge < -0.3 is 14.6 Å². The van der Waals surface area contributed by atoms with E-state index in [2.05, 4.69) is 17.1 Å². The minimum atomic E-state index is 0.841. The van der Waals surface area contributed by atoms with Crippen molar-refractivity contribution in [1.82, 2.24) is 10.2 Å². The van der Waals surface area contributed by atoms with Gasteiger partial charge in [-0.2, -0.15) is 0 Å². The lowest BCUT2D eigenvalue weighted by atomic mass is 10.3. The van der Waals surface area contributed by atoms with E-state index in [0.717, 1.165) is 31.3 Å². The topological polar surface area (TPSA) is 28.4 Å². The molecule has 90 valence electrons. The number of nitrogens with zero attached hydrogens (tertiary/aromatic N) is 1. The maximum absolute atomic E-state index is 5.27. The Morgan fingerprint density at radius 2 is 2.38 bits per heavy atom. The van der Waals surface area contributed by atoms with E-state index in [9.17, 15) is 0 Å². The molecule has 1 aromatic heterocycles. The van der Waals surface area contributed by atoms with Crippen molar-refractivity contribution < 1.29 is 4.42 Å². The SMILES string of the molecule is CCN(CCNCc1ccco1)CC1CC1. The predicted molar refractivity (Wildman–Crippen MR) is 65.3 cm³/mol. The molecule has 1 N–H and O–H groups in total. The summed E-state index contributed by atoms with van der Waals surface area (Å²) in [5, 5.41) is 3.41. The second kappa shape index (κ2) is 6.06. The first-order valence-electron chi connectivity index (χ1n) is 6.34. The van der Waals surface area contributed by atoms with Crippen molar-refractivity contribution in [3.05, 3.63) is 24.2 Å². The Morgan fingerprint density at radius 3 is 3.00 bits per heavy atom. The lowest BCUT2D eigenvalue weighted by Crippen LogP contribution is -2.33. The monoisotopic (exact) mass is 222 g/mol. The molecule has 0 saturated heterocycles. The van der Waals surface area contributed by atoms with E-state index in [1.807, 2.05) is 12.1 Å². The maximum Gasteiger partial charge on any atom is 0.117 e. The third-order valence-electron chi connectivity index (χ3n) is 3.14. The van der Waals surface area contributed by atoms with Crippen LogP contribution in [-0.2, 0) is 6.54 Å². The van der Waals surface area contributed by atoms with Gasteiger partial charge in [0.25, 0.3) is 0 Å². The smallest absolute Gasteiger partial charge is 0.117 e. The fourth-order valence-corrected chi connectivity index (χ4v) is 1.91. The molecule has 3 nitrogen and oxygen atoms in total. The molecule has 1 fully saturated rings. The third kappa shape index (κ3) is 3.99. The quantitative estimate of drug-likeness (QED) is 0.683. The van der Waals surface area contributed by atoms with Crippen LogP contribution in [0.1, 0.15) is 25.5 Å². The average molecular weight is 222 g/mol. The molecule has 1 heterocycles. The van der Waals surface area contributed by atoms with Gasteiger partial charge in [-0.05, 0) is 37.4 Å². The molecule has 0 atom stereocenters. The van der Waals surface area contributed by atoms with Crippen molar-refractivity contribution in [2.24, 2.45) is 5.92 Å². The van der Waals surface area contributed by atoms with Crippen molar-refractivity contribution in [2.75, 3.05) is 26.2 Å². The first-order chi connectivity index (χ1) is 7.88. The molecule has 16 heavy (non-hydrogen) atoms. The highest BCUT2D eigenvalue weighted by Gasteiger charge is 2.23. The molecule has 0 unspecified atom stereocenters. The number of rotatable bonds is 8. The highest BCUT2D eigenvalue weighted by molar-refractivity contribution is 4.97. The molecule has 1 aliphatic carbocycles. The molecular formula is C13H22N2O. The number of likely N-dealkylation sites (N-methyl/N-ethyl adjacent to an activating group) is 1. The molecular weight excluding hydrogens is 200 g/mol. The van der Waals surface area contributed by atoms with E-state index in [4.69, 9.17) is 4.42 Å². The molecule has 3 heteroatoms. The van der Waals surface area contributed by atoms with Crippen LogP contribution in [-0.4, -0.2) is 31.1 Å². The summed E-state index contributed by atoms with van der Waals surface area (Å²) < 4.78 is 5.27. The van der Waals surface area contributed by atoms with Crippen LogP contribution >= 0.6 is 0 Å². The molecule has 0 radical (unpaired) electrons. The molecule has 1 aliphatic rings. The predicted octanol–water partition coefficient (Wildman–Crippen LogP) is 2.10. The summed E-state index contributed by atoms with van der Waals surface area (Å²) in [5.41, 5.74) is 0. The van der Waals surface area contributed by atoms with Crippen LogP contribution in [0.15, 0.2) is 22.8 Å². The van der Waals surface area contributed by atoms with Gasteiger partial charge in [0.05, 0.1) is 12.8 Å². The maximum atomic E-state index is 5.27. The van der Waals surface area contributed by atoms with Gasteiger partial charge in [-0.3, -0.25) is 0 Å². The molecule has 2 rings (SSSR count). The Kier molecular flexibility index (Phi) is 4.43. The summed E-state index contributed by atoms with van der Waals surface area (Å²) >= 11 is 0. The molecule has 1 aromatic rings. The van der Waals surface area contributed by atoms with E-state index in [1.54, 1.807) is 6.26 Å². The summed E-state index contributed by atoms with van der Waals surface area (Å²) in [6.07, 6.45) is 4.61. The fraction of sp³-hybridized carbons (Fsp3) is 0.692. The van der Waals surface area contributed by atoms with Gasteiger partial charge in [0.2, 0.25) is 0 Å². The lowest BCUT2D eigenvalue weighted by Gasteiger charge is -2.20. The summed E-state index contributed by atoms with van der Waals surface area (Å²) in [6.45, 7) is 7.73. The second-order valence-electron chi connectivity index (χ2n) is 4.59. The van der Waals surface area contributed by atoms with Gasteiger partial charge >= 0.3 is 0 Å². The van der Waals surface area contributed by atoms with E-state index in [1.165, 1.54) is 25.9 Å². The van der Waals surface area contributed by atoms with Crippen LogP contribution in [0.3, 0.4) is 0 Å². The molecule has 1 saturated carbocycles. The van der Waals surface area contributed by atoms with Gasteiger partial charge in [-0.1, -0.05) is 6.92 Å². The van der Waals surface area contributed by atoms with Crippen molar-refractivity contribution in [3.63, 3.8) is 0 Å². The van der Waals surface area contributed by atoms with Gasteiger partial charge in [0.15, 0.2) is 0 Å². The minimum absolute atomic E-state index is 0.841. The number of hydrogen-bond acceptors (Lipinski definition) is 3. The van der Waals surface area contributed by atoms with Crippen LogP contribution in [0.5, 0.6) is 0 Å². The van der Waals surface area contributed by atoms with E-state index >= 15 is 0 Å². The highest BCUT2D eigenvalue weighted by Crippen LogP contribution is 2.29. The van der Waals surface area contributed by atoms with Crippen molar-refractivity contribution in [3.8, 4) is 0 Å². The van der Waals surface area contributed by atoms with Crippen molar-refractivity contribution >= 4 is 0 Å². The van der Waals surface area contributed by atoms with E-state index < -0.39 is 0 Å². The number of furan rings is 1. The first-order valence-corrected chi connectivity index (χ1v) is 6.34. The number of hydrogen-bond donors (Lipinski definition) is 1. The highest BCUT2D eigenvalue weighted by atomic mass is 16.3. The lowest BCUT2D eigenvalue weighted by molar-refractivity contribution is 0.274. The van der Waals surface area contributed by atoms with Gasteiger partial charge in [0.1, 0.15) is 5.76 Å². The summed E-state index contributed by atoms with van der Waals surface area (Å²) in [5.74, 6) is 2.01. The zero-order valence-corrected chi connectivity index (χ0v) is 10.1. The Labute approximate surface area is 97.8 Å². The first kappa shape index (κ1) is 11.7. The summed E-state index contributed by atoms with van der Waals surface area (Å²) in [4.78, 5) is 2.53. The summed E-state index contributed by atoms with van der Waals surface area (Å²) in [7, 11) is 0. The van der Waals surface area contributed by atoms with Gasteiger partial charge in [-0.15, -0.1) is 0 Å². The largest absolute Gasteiger partial charge is 0.468 e. The van der Waals surface area contributed by atoms with Crippen molar-refractivity contribution in [1.29, 1.82) is 0 Å². The third-order valence-corrected chi connectivity index (χ3v) is 3.14. The fourth-order valence-electron chi connectivity index (χ4n) is 1.91. The molecule has 0 aliphatic heterocycles. The molecule has 0 aromatic carbocycles. The Morgan fingerprint density at radius 1 is 1.50 bits per heavy atom. The molecule has 0 bridgehead atoms. The number of nitrogens with one attached hydrogen (secondary N) is 1. The zero-order valence-electron chi connectivity index (χ0n) is 10.1. The van der Waals surface area contributed by atoms with Crippen molar-refractivity contribution in [2.45, 2.75) is 26.3 Å². The van der Waals surface area contributed by atoms with Gasteiger partial charge in [-0.25, -0.2) is 0 Å². The Bertz CT molecular complexity index is 280. The van der Waals surface area contributed by atoms with Crippen LogP contribution in [0.4, 0.5) is 0 Å². The van der Waals surface area contributed by atoms with Crippen LogP contribution in [0.2, 0.25) is 0 Å². The molecule has 0 spiro atoms. The Balaban J connectivity index is 1.55. The summed E-state index contributed by atoms with van der Waals surface area (Å²) in [6, 6.07) is 3.94. The second-order valence-corrected chi connectivity index (χ2v) is 4.59. The Hall–Kier alpha value is -0.800. The normalized spacial score (nSPS) is 15.9. The van der Waals surface area contributed by atoms with E-state index in [-0.39, 0.29) is 0 Å². The van der Waals surface area contributed by atoms with Crippen LogP contribution in [0.25, 0.3) is 0 Å². The van der Waals surface area contributed by atoms with Gasteiger partial charge in [0, 0.05) is 19.6 Å². The zero-order chi connectivity index (χ0) is 11.2. The minimum Gasteiger partial charge on any atom is -0.468 e. The van der Waals surface area contributed by atoms with E-state index in [0.29, 0.717) is 0 Å². The molecule has 0 amide bonds. The average Bonchev–Trinajstić information content (AvgIpc) is 2.96. The standard InChI is InChI=1S/C13H22N2O/c1-2-15(11-12-5-6-12)8-7-14-10-13-4-3-9-16-13/h3-4,9,12,14H,2,5-8,10-11H2,1H3. The van der Waals surface area contributed by atoms with Crippen LogP contribution in [0, 0.1) is 5.92 Å². The van der Waals surface area contributed by atoms with Crippen LogP contribution < -0.4 is 5.32 Å².